The molecule has 1 aliphatic heterocycles. The molecule has 1 aliphatic rings. The van der Waals surface area contributed by atoms with Gasteiger partial charge in [0.05, 0.1) is 0 Å². The van der Waals surface area contributed by atoms with Crippen LogP contribution in [0.3, 0.4) is 0 Å². The fraction of sp³-hybridized carbons (Fsp3) is 0.733. The Morgan fingerprint density at radius 1 is 1.35 bits per heavy atom. The molecule has 5 nitrogen and oxygen atoms in total. The minimum Gasteiger partial charge on any atom is -0.373 e. The number of hydrogen-bond donors (Lipinski definition) is 1. The van der Waals surface area contributed by atoms with Gasteiger partial charge in [0.2, 0.25) is 0 Å². The van der Waals surface area contributed by atoms with Crippen LogP contribution in [0.4, 0.5) is 11.6 Å². The summed E-state index contributed by atoms with van der Waals surface area (Å²) in [7, 11) is 6.26. The lowest BCUT2D eigenvalue weighted by Gasteiger charge is -2.24. The summed E-state index contributed by atoms with van der Waals surface area (Å²) >= 11 is 0. The third-order valence-electron chi connectivity index (χ3n) is 4.19. The second kappa shape index (κ2) is 6.39. The third kappa shape index (κ3) is 2.87. The van der Waals surface area contributed by atoms with E-state index in [2.05, 4.69) is 53.0 Å². The number of rotatable bonds is 5. The van der Waals surface area contributed by atoms with Gasteiger partial charge in [0.15, 0.2) is 0 Å². The van der Waals surface area contributed by atoms with Gasteiger partial charge in [-0.2, -0.15) is 0 Å². The van der Waals surface area contributed by atoms with Crippen molar-refractivity contribution in [2.75, 3.05) is 44.4 Å². The van der Waals surface area contributed by atoms with Crippen molar-refractivity contribution in [2.45, 2.75) is 32.7 Å². The predicted octanol–water partition coefficient (Wildman–Crippen LogP) is 1.86. The highest BCUT2D eigenvalue weighted by Crippen LogP contribution is 2.30. The van der Waals surface area contributed by atoms with Crippen LogP contribution in [-0.4, -0.2) is 55.1 Å². The van der Waals surface area contributed by atoms with Crippen molar-refractivity contribution >= 4 is 11.6 Å². The summed E-state index contributed by atoms with van der Waals surface area (Å²) in [4.78, 5) is 13.7. The van der Waals surface area contributed by atoms with E-state index in [0.29, 0.717) is 12.0 Å². The monoisotopic (exact) mass is 277 g/mol. The van der Waals surface area contributed by atoms with Gasteiger partial charge in [-0.3, -0.25) is 0 Å². The summed E-state index contributed by atoms with van der Waals surface area (Å²) in [6.07, 6.45) is 3.80. The highest BCUT2D eigenvalue weighted by molar-refractivity contribution is 5.59. The molecule has 2 heterocycles. The minimum absolute atomic E-state index is 0.595. The molecule has 0 amide bonds. The molecule has 1 fully saturated rings. The number of aromatic nitrogens is 2. The van der Waals surface area contributed by atoms with E-state index in [-0.39, 0.29) is 0 Å². The Morgan fingerprint density at radius 2 is 2.10 bits per heavy atom. The quantitative estimate of drug-likeness (QED) is 0.890. The molecule has 2 atom stereocenters. The highest BCUT2D eigenvalue weighted by atomic mass is 15.3. The zero-order chi connectivity index (χ0) is 14.7. The summed E-state index contributed by atoms with van der Waals surface area (Å²) in [5.74, 6) is 2.74. The molecule has 0 radical (unpaired) electrons. The zero-order valence-electron chi connectivity index (χ0n) is 13.3. The van der Waals surface area contributed by atoms with Crippen molar-refractivity contribution in [2.24, 2.45) is 5.92 Å². The average Bonchev–Trinajstić information content (AvgIpc) is 2.81. The molecule has 0 saturated carbocycles. The molecule has 2 rings (SSSR count). The maximum atomic E-state index is 4.57. The van der Waals surface area contributed by atoms with Crippen LogP contribution in [0.5, 0.6) is 0 Å². The van der Waals surface area contributed by atoms with E-state index < -0.39 is 0 Å². The van der Waals surface area contributed by atoms with Gasteiger partial charge in [0.1, 0.15) is 18.0 Å². The Hall–Kier alpha value is -1.36. The lowest BCUT2D eigenvalue weighted by molar-refractivity contribution is 0.266. The first-order valence-corrected chi connectivity index (χ1v) is 7.51. The Labute approximate surface area is 122 Å². The van der Waals surface area contributed by atoms with E-state index in [1.165, 1.54) is 5.56 Å². The van der Waals surface area contributed by atoms with Crippen molar-refractivity contribution in [1.82, 2.24) is 14.9 Å². The molecule has 0 bridgehead atoms. The van der Waals surface area contributed by atoms with Crippen molar-refractivity contribution in [1.29, 1.82) is 0 Å². The first kappa shape index (κ1) is 15.0. The van der Waals surface area contributed by atoms with Crippen LogP contribution in [0.2, 0.25) is 0 Å². The Balaban J connectivity index is 2.29. The molecule has 2 unspecified atom stereocenters. The number of likely N-dealkylation sites (N-methyl/N-ethyl adjacent to an activating group) is 1. The summed E-state index contributed by atoms with van der Waals surface area (Å²) in [6.45, 7) is 6.64. The van der Waals surface area contributed by atoms with Gasteiger partial charge in [0, 0.05) is 31.7 Å². The maximum absolute atomic E-state index is 4.57. The highest BCUT2D eigenvalue weighted by Gasteiger charge is 2.33. The molecule has 0 aromatic carbocycles. The molecular weight excluding hydrogens is 250 g/mol. The topological polar surface area (TPSA) is 44.3 Å². The Morgan fingerprint density at radius 3 is 2.65 bits per heavy atom. The minimum atomic E-state index is 0.595. The standard InChI is InChI=1S/C15H27N5/c1-6-7-12-14(16-3)17-10-18-15(12)20-8-11(2)13(9-20)19(4)5/h10-11,13H,6-9H2,1-5H3,(H,16,17,18). The predicted molar refractivity (Wildman–Crippen MR) is 84.4 cm³/mol. The van der Waals surface area contributed by atoms with Gasteiger partial charge in [-0.25, -0.2) is 9.97 Å². The lowest BCUT2D eigenvalue weighted by atomic mass is 10.1. The molecule has 0 spiro atoms. The van der Waals surface area contributed by atoms with Crippen LogP contribution in [-0.2, 0) is 6.42 Å². The molecule has 20 heavy (non-hydrogen) atoms. The molecule has 1 aromatic rings. The van der Waals surface area contributed by atoms with E-state index in [1.54, 1.807) is 6.33 Å². The van der Waals surface area contributed by atoms with Gasteiger partial charge in [-0.1, -0.05) is 20.3 Å². The van der Waals surface area contributed by atoms with Crippen LogP contribution in [0.1, 0.15) is 25.8 Å². The van der Waals surface area contributed by atoms with Crippen LogP contribution < -0.4 is 10.2 Å². The van der Waals surface area contributed by atoms with Gasteiger partial charge >= 0.3 is 0 Å². The molecule has 0 aliphatic carbocycles. The lowest BCUT2D eigenvalue weighted by Crippen LogP contribution is -2.34. The Kier molecular flexibility index (Phi) is 4.81. The molecule has 112 valence electrons. The number of nitrogens with one attached hydrogen (secondary N) is 1. The summed E-state index contributed by atoms with van der Waals surface area (Å²) in [5.41, 5.74) is 1.25. The molecular formula is C15H27N5. The van der Waals surface area contributed by atoms with Gasteiger partial charge in [-0.15, -0.1) is 0 Å². The second-order valence-electron chi connectivity index (χ2n) is 5.94. The molecule has 1 saturated heterocycles. The fourth-order valence-corrected chi connectivity index (χ4v) is 3.17. The summed E-state index contributed by atoms with van der Waals surface area (Å²) in [6, 6.07) is 0.595. The largest absolute Gasteiger partial charge is 0.373 e. The fourth-order valence-electron chi connectivity index (χ4n) is 3.17. The molecule has 1 N–H and O–H groups in total. The van der Waals surface area contributed by atoms with Gasteiger partial charge in [0.25, 0.3) is 0 Å². The van der Waals surface area contributed by atoms with Crippen molar-refractivity contribution in [3.05, 3.63) is 11.9 Å². The number of hydrogen-bond acceptors (Lipinski definition) is 5. The summed E-state index contributed by atoms with van der Waals surface area (Å²) in [5, 5.41) is 3.20. The van der Waals surface area contributed by atoms with E-state index in [1.807, 2.05) is 7.05 Å². The normalized spacial score (nSPS) is 22.6. The smallest absolute Gasteiger partial charge is 0.137 e. The van der Waals surface area contributed by atoms with E-state index in [4.69, 9.17) is 0 Å². The van der Waals surface area contributed by atoms with Crippen LogP contribution in [0.15, 0.2) is 6.33 Å². The first-order chi connectivity index (χ1) is 9.58. The van der Waals surface area contributed by atoms with Gasteiger partial charge in [-0.05, 0) is 26.4 Å². The van der Waals surface area contributed by atoms with Crippen LogP contribution in [0.25, 0.3) is 0 Å². The van der Waals surface area contributed by atoms with Crippen molar-refractivity contribution in [3.63, 3.8) is 0 Å². The van der Waals surface area contributed by atoms with Crippen molar-refractivity contribution < 1.29 is 0 Å². The van der Waals surface area contributed by atoms with Crippen LogP contribution >= 0.6 is 0 Å². The first-order valence-electron chi connectivity index (χ1n) is 7.51. The van der Waals surface area contributed by atoms with Crippen molar-refractivity contribution in [3.8, 4) is 0 Å². The average molecular weight is 277 g/mol. The van der Waals surface area contributed by atoms with Gasteiger partial charge < -0.3 is 15.1 Å². The molecule has 1 aromatic heterocycles. The SMILES string of the molecule is CCCc1c(NC)ncnc1N1CC(C)C(N(C)C)C1. The number of nitrogens with zero attached hydrogens (tertiary/aromatic N) is 4. The van der Waals surface area contributed by atoms with Crippen LogP contribution in [0, 0.1) is 5.92 Å². The number of anilines is 2. The Bertz CT molecular complexity index is 446. The zero-order valence-corrected chi connectivity index (χ0v) is 13.3. The second-order valence-corrected chi connectivity index (χ2v) is 5.94. The van der Waals surface area contributed by atoms with E-state index in [9.17, 15) is 0 Å². The molecule has 5 heteroatoms. The third-order valence-corrected chi connectivity index (χ3v) is 4.19. The maximum Gasteiger partial charge on any atom is 0.137 e. The van der Waals surface area contributed by atoms with E-state index >= 15 is 0 Å². The summed E-state index contributed by atoms with van der Waals surface area (Å²) < 4.78 is 0. The van der Waals surface area contributed by atoms with E-state index in [0.717, 1.165) is 37.6 Å².